The van der Waals surface area contributed by atoms with Crippen LogP contribution in [0.1, 0.15) is 67.4 Å². The van der Waals surface area contributed by atoms with E-state index in [1.54, 1.807) is 0 Å². The number of hydrogen-bond donors (Lipinski definition) is 1. The topological polar surface area (TPSA) is 68.5 Å². The summed E-state index contributed by atoms with van der Waals surface area (Å²) in [5, 5.41) is 12.4. The summed E-state index contributed by atoms with van der Waals surface area (Å²) in [4.78, 5) is 9.30. The Bertz CT molecular complexity index is 720. The second-order valence-corrected chi connectivity index (χ2v) is 6.70. The van der Waals surface area contributed by atoms with Crippen LogP contribution >= 0.6 is 0 Å². The van der Waals surface area contributed by atoms with Crippen LogP contribution in [0.3, 0.4) is 0 Å². The molecule has 1 aliphatic heterocycles. The maximum absolute atomic E-state index is 4.67. The fourth-order valence-corrected chi connectivity index (χ4v) is 3.76. The molecule has 1 atom stereocenters. The maximum atomic E-state index is 4.67. The van der Waals surface area contributed by atoms with Crippen molar-refractivity contribution in [3.63, 3.8) is 0 Å². The van der Waals surface area contributed by atoms with Crippen molar-refractivity contribution in [1.29, 1.82) is 0 Å². The molecule has 0 bridgehead atoms. The Morgan fingerprint density at radius 1 is 1.00 bits per heavy atom. The van der Waals surface area contributed by atoms with Gasteiger partial charge in [-0.2, -0.15) is 0 Å². The fourth-order valence-electron chi connectivity index (χ4n) is 3.76. The fraction of sp³-hybridized carbons (Fsp3) is 0.647. The van der Waals surface area contributed by atoms with Crippen molar-refractivity contribution in [3.05, 3.63) is 28.7 Å². The number of fused-ring (bicyclic) bond motifs is 2. The third kappa shape index (κ3) is 2.71. The number of nitrogens with zero attached hydrogens (tertiary/aromatic N) is 5. The third-order valence-corrected chi connectivity index (χ3v) is 4.92. The molecule has 0 spiro atoms. The number of aromatic nitrogens is 5. The lowest BCUT2D eigenvalue weighted by molar-refractivity contribution is 0.500. The Balaban J connectivity index is 1.63. The molecule has 0 amide bonds. The van der Waals surface area contributed by atoms with E-state index in [1.165, 1.54) is 36.9 Å². The van der Waals surface area contributed by atoms with Gasteiger partial charge in [-0.25, -0.2) is 9.97 Å². The molecule has 2 aliphatic rings. The van der Waals surface area contributed by atoms with Crippen molar-refractivity contribution in [3.8, 4) is 0 Å². The molecule has 2 aromatic rings. The monoisotopic (exact) mass is 312 g/mol. The molecule has 4 rings (SSSR count). The van der Waals surface area contributed by atoms with Gasteiger partial charge in [-0.05, 0) is 52.4 Å². The lowest BCUT2D eigenvalue weighted by atomic mass is 9.96. The van der Waals surface area contributed by atoms with Gasteiger partial charge < -0.3 is 9.88 Å². The second kappa shape index (κ2) is 5.91. The highest BCUT2D eigenvalue weighted by Crippen LogP contribution is 2.28. The zero-order chi connectivity index (χ0) is 15.8. The molecule has 0 saturated heterocycles. The first kappa shape index (κ1) is 14.6. The standard InChI is InChI=1S/C17H24N6/c1-11(17-22-21-15-9-5-6-10-23(15)17)18-16-13-7-3-4-8-14(13)19-12(2)20-16/h11H,3-10H2,1-2H3,(H,18,19,20). The molecule has 0 aromatic carbocycles. The second-order valence-electron chi connectivity index (χ2n) is 6.70. The highest BCUT2D eigenvalue weighted by molar-refractivity contribution is 5.48. The predicted molar refractivity (Wildman–Crippen MR) is 88.4 cm³/mol. The van der Waals surface area contributed by atoms with E-state index in [0.717, 1.165) is 49.1 Å². The number of nitrogens with one attached hydrogen (secondary N) is 1. The Labute approximate surface area is 136 Å². The van der Waals surface area contributed by atoms with Crippen molar-refractivity contribution in [2.75, 3.05) is 5.32 Å². The average molecular weight is 312 g/mol. The van der Waals surface area contributed by atoms with Crippen LogP contribution in [-0.2, 0) is 25.8 Å². The summed E-state index contributed by atoms with van der Waals surface area (Å²) < 4.78 is 2.28. The van der Waals surface area contributed by atoms with Crippen LogP contribution in [0.25, 0.3) is 0 Å². The van der Waals surface area contributed by atoms with Crippen LogP contribution in [0.15, 0.2) is 0 Å². The van der Waals surface area contributed by atoms with E-state index in [-0.39, 0.29) is 6.04 Å². The van der Waals surface area contributed by atoms with Gasteiger partial charge in [0.15, 0.2) is 5.82 Å². The molecular formula is C17H24N6. The summed E-state index contributed by atoms with van der Waals surface area (Å²) in [5.74, 6) is 4.00. The Hall–Kier alpha value is -1.98. The first-order chi connectivity index (χ1) is 11.2. The van der Waals surface area contributed by atoms with Crippen molar-refractivity contribution in [1.82, 2.24) is 24.7 Å². The van der Waals surface area contributed by atoms with Gasteiger partial charge in [0.2, 0.25) is 0 Å². The summed E-state index contributed by atoms with van der Waals surface area (Å²) in [6.45, 7) is 5.16. The molecule has 3 heterocycles. The van der Waals surface area contributed by atoms with E-state index < -0.39 is 0 Å². The van der Waals surface area contributed by atoms with E-state index in [0.29, 0.717) is 0 Å². The zero-order valence-corrected chi connectivity index (χ0v) is 14.0. The van der Waals surface area contributed by atoms with Gasteiger partial charge >= 0.3 is 0 Å². The van der Waals surface area contributed by atoms with Gasteiger partial charge in [0.1, 0.15) is 17.5 Å². The minimum absolute atomic E-state index is 0.106. The quantitative estimate of drug-likeness (QED) is 0.944. The van der Waals surface area contributed by atoms with Gasteiger partial charge in [-0.15, -0.1) is 10.2 Å². The van der Waals surface area contributed by atoms with E-state index >= 15 is 0 Å². The molecule has 0 fully saturated rings. The molecule has 0 radical (unpaired) electrons. The van der Waals surface area contributed by atoms with Crippen molar-refractivity contribution < 1.29 is 0 Å². The van der Waals surface area contributed by atoms with Gasteiger partial charge in [-0.1, -0.05) is 0 Å². The summed E-state index contributed by atoms with van der Waals surface area (Å²) in [7, 11) is 0. The number of rotatable bonds is 3. The molecule has 0 saturated carbocycles. The van der Waals surface area contributed by atoms with Crippen LogP contribution in [0.2, 0.25) is 0 Å². The van der Waals surface area contributed by atoms with E-state index in [9.17, 15) is 0 Å². The summed E-state index contributed by atoms with van der Waals surface area (Å²) in [6, 6.07) is 0.106. The van der Waals surface area contributed by atoms with Crippen LogP contribution in [0.4, 0.5) is 5.82 Å². The summed E-state index contributed by atoms with van der Waals surface area (Å²) in [5.41, 5.74) is 2.52. The third-order valence-electron chi connectivity index (χ3n) is 4.92. The Morgan fingerprint density at radius 3 is 2.74 bits per heavy atom. The van der Waals surface area contributed by atoms with E-state index in [4.69, 9.17) is 0 Å². The van der Waals surface area contributed by atoms with Crippen molar-refractivity contribution >= 4 is 5.82 Å². The van der Waals surface area contributed by atoms with Crippen molar-refractivity contribution in [2.45, 2.75) is 71.4 Å². The number of hydrogen-bond acceptors (Lipinski definition) is 5. The predicted octanol–water partition coefficient (Wildman–Crippen LogP) is 2.76. The number of aryl methyl sites for hydroxylation is 3. The van der Waals surface area contributed by atoms with Crippen molar-refractivity contribution in [2.24, 2.45) is 0 Å². The van der Waals surface area contributed by atoms with Crippen LogP contribution in [0.5, 0.6) is 0 Å². The SMILES string of the molecule is Cc1nc2c(c(NC(C)c3nnc4n3CCCC4)n1)CCCC2. The van der Waals surface area contributed by atoms with E-state index in [2.05, 4.69) is 37.0 Å². The molecule has 2 aromatic heterocycles. The van der Waals surface area contributed by atoms with Gasteiger partial charge in [0.25, 0.3) is 0 Å². The summed E-state index contributed by atoms with van der Waals surface area (Å²) in [6.07, 6.45) is 8.08. The Kier molecular flexibility index (Phi) is 3.75. The first-order valence-electron chi connectivity index (χ1n) is 8.77. The molecular weight excluding hydrogens is 288 g/mol. The summed E-state index contributed by atoms with van der Waals surface area (Å²) >= 11 is 0. The van der Waals surface area contributed by atoms with Crippen LogP contribution in [0, 0.1) is 6.92 Å². The molecule has 1 aliphatic carbocycles. The van der Waals surface area contributed by atoms with Gasteiger partial charge in [0, 0.05) is 24.2 Å². The molecule has 1 N–H and O–H groups in total. The lowest BCUT2D eigenvalue weighted by Crippen LogP contribution is -2.20. The largest absolute Gasteiger partial charge is 0.360 e. The minimum atomic E-state index is 0.106. The zero-order valence-electron chi connectivity index (χ0n) is 14.0. The van der Waals surface area contributed by atoms with E-state index in [1.807, 2.05) is 6.92 Å². The normalized spacial score (nSPS) is 18.2. The highest BCUT2D eigenvalue weighted by Gasteiger charge is 2.23. The number of anilines is 1. The first-order valence-corrected chi connectivity index (χ1v) is 8.77. The highest BCUT2D eigenvalue weighted by atomic mass is 15.3. The minimum Gasteiger partial charge on any atom is -0.360 e. The molecule has 1 unspecified atom stereocenters. The van der Waals surface area contributed by atoms with Gasteiger partial charge in [0.05, 0.1) is 6.04 Å². The Morgan fingerprint density at radius 2 is 1.83 bits per heavy atom. The molecule has 6 nitrogen and oxygen atoms in total. The average Bonchev–Trinajstić information content (AvgIpc) is 2.99. The smallest absolute Gasteiger partial charge is 0.155 e. The maximum Gasteiger partial charge on any atom is 0.155 e. The molecule has 23 heavy (non-hydrogen) atoms. The lowest BCUT2D eigenvalue weighted by Gasteiger charge is -2.23. The molecule has 6 heteroatoms. The van der Waals surface area contributed by atoms with Crippen LogP contribution in [-0.4, -0.2) is 24.7 Å². The molecule has 122 valence electrons. The van der Waals surface area contributed by atoms with Crippen LogP contribution < -0.4 is 5.32 Å². The van der Waals surface area contributed by atoms with Gasteiger partial charge in [-0.3, -0.25) is 0 Å².